The van der Waals surface area contributed by atoms with Gasteiger partial charge >= 0.3 is 6.36 Å². The lowest BCUT2D eigenvalue weighted by Gasteiger charge is -2.13. The molecule has 3 aromatic rings. The molecule has 32 heavy (non-hydrogen) atoms. The molecule has 4 rings (SSSR count). The van der Waals surface area contributed by atoms with Crippen molar-refractivity contribution in [3.63, 3.8) is 0 Å². The first kappa shape index (κ1) is 21.6. The molecule has 1 aliphatic heterocycles. The molecule has 0 N–H and O–H groups in total. The van der Waals surface area contributed by atoms with Gasteiger partial charge in [0.25, 0.3) is 0 Å². The number of hydrogen-bond donors (Lipinski definition) is 0. The van der Waals surface area contributed by atoms with Crippen molar-refractivity contribution in [2.24, 2.45) is 4.99 Å². The van der Waals surface area contributed by atoms with E-state index < -0.39 is 24.0 Å². The maximum atomic E-state index is 14.0. The van der Waals surface area contributed by atoms with Gasteiger partial charge < -0.3 is 14.2 Å². The topological polar surface area (TPSA) is 40.0 Å². The quantitative estimate of drug-likeness (QED) is 0.419. The minimum Gasteiger partial charge on any atom is -0.475 e. The smallest absolute Gasteiger partial charge is 0.475 e. The molecule has 1 heterocycles. The van der Waals surface area contributed by atoms with Gasteiger partial charge in [-0.15, -0.1) is 13.2 Å². The molecule has 166 valence electrons. The second kappa shape index (κ2) is 8.49. The van der Waals surface area contributed by atoms with Crippen LogP contribution in [0, 0.1) is 18.6 Å². The summed E-state index contributed by atoms with van der Waals surface area (Å²) in [6, 6.07) is 13.3. The Balaban J connectivity index is 1.49. The number of alkyl halides is 3. The van der Waals surface area contributed by atoms with Gasteiger partial charge in [0.15, 0.2) is 0 Å². The van der Waals surface area contributed by atoms with Gasteiger partial charge in [0.1, 0.15) is 47.1 Å². The number of hydrogen-bond acceptors (Lipinski definition) is 4. The highest BCUT2D eigenvalue weighted by Crippen LogP contribution is 2.33. The van der Waals surface area contributed by atoms with Crippen molar-refractivity contribution in [2.45, 2.75) is 19.3 Å². The average molecular weight is 449 g/mol. The van der Waals surface area contributed by atoms with Crippen molar-refractivity contribution in [2.75, 3.05) is 6.61 Å². The number of aryl methyl sites for hydroxylation is 1. The summed E-state index contributed by atoms with van der Waals surface area (Å²) >= 11 is 0. The molecular formula is C23H16F5NO3. The first-order valence-electron chi connectivity index (χ1n) is 9.49. The second-order valence-corrected chi connectivity index (χ2v) is 7.00. The van der Waals surface area contributed by atoms with Gasteiger partial charge in [0, 0.05) is 0 Å². The Morgan fingerprint density at radius 1 is 0.906 bits per heavy atom. The van der Waals surface area contributed by atoms with E-state index in [9.17, 15) is 22.0 Å². The van der Waals surface area contributed by atoms with E-state index in [4.69, 9.17) is 9.47 Å². The van der Waals surface area contributed by atoms with E-state index in [0.29, 0.717) is 11.5 Å². The van der Waals surface area contributed by atoms with Crippen molar-refractivity contribution in [3.05, 3.63) is 89.0 Å². The molecular weight excluding hydrogens is 433 g/mol. The van der Waals surface area contributed by atoms with E-state index in [1.54, 1.807) is 18.2 Å². The molecule has 0 aromatic heterocycles. The Morgan fingerprint density at radius 2 is 1.53 bits per heavy atom. The number of halogens is 5. The highest BCUT2D eigenvalue weighted by Gasteiger charge is 2.31. The van der Waals surface area contributed by atoms with Gasteiger partial charge in [-0.2, -0.15) is 0 Å². The minimum absolute atomic E-state index is 0.0912. The number of nitrogens with zero attached hydrogens (tertiary/aromatic N) is 1. The molecule has 0 saturated carbocycles. The fourth-order valence-electron chi connectivity index (χ4n) is 3.30. The Hall–Kier alpha value is -3.62. The molecule has 0 amide bonds. The molecule has 4 nitrogen and oxygen atoms in total. The largest absolute Gasteiger partial charge is 0.573 e. The fraction of sp³-hybridized carbons (Fsp3) is 0.174. The molecule has 0 spiro atoms. The fourth-order valence-corrected chi connectivity index (χ4v) is 3.30. The van der Waals surface area contributed by atoms with Crippen molar-refractivity contribution < 1.29 is 36.2 Å². The number of rotatable bonds is 5. The van der Waals surface area contributed by atoms with Crippen molar-refractivity contribution >= 4 is 5.90 Å². The van der Waals surface area contributed by atoms with Crippen LogP contribution < -0.4 is 9.47 Å². The van der Waals surface area contributed by atoms with E-state index >= 15 is 0 Å². The first-order chi connectivity index (χ1) is 15.2. The zero-order valence-corrected chi connectivity index (χ0v) is 16.6. The Bertz CT molecular complexity index is 1140. The van der Waals surface area contributed by atoms with E-state index in [2.05, 4.69) is 9.73 Å². The molecule has 1 unspecified atom stereocenters. The van der Waals surface area contributed by atoms with Crippen LogP contribution in [0.3, 0.4) is 0 Å². The Morgan fingerprint density at radius 3 is 2.16 bits per heavy atom. The monoisotopic (exact) mass is 449 g/mol. The zero-order valence-electron chi connectivity index (χ0n) is 16.6. The molecule has 1 aliphatic rings. The van der Waals surface area contributed by atoms with Gasteiger partial charge in [-0.25, -0.2) is 13.8 Å². The Labute approximate surface area is 179 Å². The highest BCUT2D eigenvalue weighted by molar-refractivity contribution is 5.95. The van der Waals surface area contributed by atoms with Crippen LogP contribution >= 0.6 is 0 Å². The van der Waals surface area contributed by atoms with E-state index in [1.165, 1.54) is 18.2 Å². The third kappa shape index (κ3) is 4.82. The van der Waals surface area contributed by atoms with Crippen LogP contribution in [0.5, 0.6) is 17.2 Å². The van der Waals surface area contributed by atoms with E-state index in [0.717, 1.165) is 35.4 Å². The number of ether oxygens (including phenoxy) is 3. The summed E-state index contributed by atoms with van der Waals surface area (Å²) in [5, 5.41) is 0. The molecule has 9 heteroatoms. The van der Waals surface area contributed by atoms with Crippen LogP contribution in [0.1, 0.15) is 22.7 Å². The summed E-state index contributed by atoms with van der Waals surface area (Å²) in [4.78, 5) is 4.33. The third-order valence-electron chi connectivity index (χ3n) is 4.72. The van der Waals surface area contributed by atoms with Crippen LogP contribution in [0.15, 0.2) is 65.7 Å². The molecule has 0 fully saturated rings. The molecule has 0 radical (unpaired) electrons. The molecule has 3 aromatic carbocycles. The second-order valence-electron chi connectivity index (χ2n) is 7.00. The predicted molar refractivity (Wildman–Crippen MR) is 106 cm³/mol. The van der Waals surface area contributed by atoms with Crippen LogP contribution in [0.2, 0.25) is 0 Å². The summed E-state index contributed by atoms with van der Waals surface area (Å²) in [7, 11) is 0. The SMILES string of the molecule is Cc1cc(Oc2ccc(OC(F)(F)F)cc2)ccc1C1COC(c2c(F)cccc2F)=N1. The van der Waals surface area contributed by atoms with Crippen LogP contribution in [0.4, 0.5) is 22.0 Å². The highest BCUT2D eigenvalue weighted by atomic mass is 19.4. The summed E-state index contributed by atoms with van der Waals surface area (Å²) in [6.07, 6.45) is -4.76. The van der Waals surface area contributed by atoms with Gasteiger partial charge in [0.2, 0.25) is 5.90 Å². The lowest BCUT2D eigenvalue weighted by Crippen LogP contribution is -2.16. The lowest BCUT2D eigenvalue weighted by atomic mass is 10.0. The van der Waals surface area contributed by atoms with E-state index in [1.807, 2.05) is 6.92 Å². The van der Waals surface area contributed by atoms with Crippen molar-refractivity contribution in [1.29, 1.82) is 0 Å². The molecule has 0 bridgehead atoms. The molecule has 1 atom stereocenters. The standard InChI is InChI=1S/C23H16F5NO3/c1-13-11-16(31-14-5-7-15(8-6-14)32-23(26,27)28)9-10-17(13)20-12-30-22(29-20)21-18(24)3-2-4-19(21)25/h2-11,20H,12H2,1H3. The van der Waals surface area contributed by atoms with Gasteiger partial charge in [-0.3, -0.25) is 0 Å². The third-order valence-corrected chi connectivity index (χ3v) is 4.72. The van der Waals surface area contributed by atoms with Crippen LogP contribution in [-0.2, 0) is 4.74 Å². The Kier molecular flexibility index (Phi) is 5.73. The van der Waals surface area contributed by atoms with Gasteiger partial charge in [0.05, 0.1) is 0 Å². The maximum absolute atomic E-state index is 14.0. The maximum Gasteiger partial charge on any atom is 0.573 e. The van der Waals surface area contributed by atoms with E-state index in [-0.39, 0.29) is 23.8 Å². The van der Waals surface area contributed by atoms with Crippen LogP contribution in [0.25, 0.3) is 0 Å². The van der Waals surface area contributed by atoms with Crippen LogP contribution in [-0.4, -0.2) is 18.9 Å². The summed E-state index contributed by atoms with van der Waals surface area (Å²) < 4.78 is 79.7. The number of aliphatic imine (C=N–C) groups is 1. The molecule has 0 aliphatic carbocycles. The lowest BCUT2D eigenvalue weighted by molar-refractivity contribution is -0.274. The predicted octanol–water partition coefficient (Wildman–Crippen LogP) is 6.48. The molecule has 0 saturated heterocycles. The first-order valence-corrected chi connectivity index (χ1v) is 9.49. The van der Waals surface area contributed by atoms with Crippen molar-refractivity contribution in [1.82, 2.24) is 0 Å². The summed E-state index contributed by atoms with van der Waals surface area (Å²) in [5.74, 6) is -1.16. The van der Waals surface area contributed by atoms with Gasteiger partial charge in [-0.05, 0) is 66.6 Å². The van der Waals surface area contributed by atoms with Crippen molar-refractivity contribution in [3.8, 4) is 17.2 Å². The average Bonchev–Trinajstić information content (AvgIpc) is 3.18. The normalized spacial score (nSPS) is 15.8. The summed E-state index contributed by atoms with van der Waals surface area (Å²) in [5.41, 5.74) is 1.29. The summed E-state index contributed by atoms with van der Waals surface area (Å²) in [6.45, 7) is 1.95. The van der Waals surface area contributed by atoms with Gasteiger partial charge in [-0.1, -0.05) is 12.1 Å². The number of benzene rings is 3. The zero-order chi connectivity index (χ0) is 22.9. The minimum atomic E-state index is -4.76.